The number of hydrogen-bond acceptors (Lipinski definition) is 4. The monoisotopic (exact) mass is 256 g/mol. The molecule has 1 aliphatic rings. The summed E-state index contributed by atoms with van der Waals surface area (Å²) < 4.78 is 33.9. The molecule has 0 unspecified atom stereocenters. The second kappa shape index (κ2) is 4.76. The van der Waals surface area contributed by atoms with Gasteiger partial charge in [0, 0.05) is 5.92 Å². The van der Waals surface area contributed by atoms with Gasteiger partial charge < -0.3 is 4.74 Å². The molecule has 1 heterocycles. The Labute approximate surface area is 102 Å². The Morgan fingerprint density at radius 3 is 2.65 bits per heavy atom. The molecular weight excluding hydrogens is 240 g/mol. The van der Waals surface area contributed by atoms with E-state index >= 15 is 0 Å². The van der Waals surface area contributed by atoms with Crippen LogP contribution in [0.5, 0.6) is 0 Å². The molecular formula is C12H16O4S. The van der Waals surface area contributed by atoms with Crippen LogP contribution in [0, 0.1) is 6.92 Å². The van der Waals surface area contributed by atoms with E-state index in [1.165, 1.54) is 0 Å². The van der Waals surface area contributed by atoms with Crippen molar-refractivity contribution in [2.24, 2.45) is 0 Å². The predicted octanol–water partition coefficient (Wildman–Crippen LogP) is 1.83. The van der Waals surface area contributed by atoms with E-state index in [1.807, 2.05) is 13.0 Å². The lowest BCUT2D eigenvalue weighted by Crippen LogP contribution is -2.27. The van der Waals surface area contributed by atoms with Crippen LogP contribution in [-0.4, -0.2) is 28.2 Å². The van der Waals surface area contributed by atoms with E-state index in [0.29, 0.717) is 13.2 Å². The van der Waals surface area contributed by atoms with Gasteiger partial charge in [-0.1, -0.05) is 17.7 Å². The van der Waals surface area contributed by atoms with E-state index < -0.39 is 10.1 Å². The third-order valence-corrected chi connectivity index (χ3v) is 4.24. The molecule has 0 spiro atoms. The van der Waals surface area contributed by atoms with Crippen molar-refractivity contribution in [3.05, 3.63) is 29.3 Å². The quantitative estimate of drug-likeness (QED) is 0.771. The Balaban J connectivity index is 2.45. The van der Waals surface area contributed by atoms with Gasteiger partial charge in [0.25, 0.3) is 10.1 Å². The van der Waals surface area contributed by atoms with Gasteiger partial charge in [-0.05, 0) is 25.5 Å². The highest BCUT2D eigenvalue weighted by Crippen LogP contribution is 2.31. The molecule has 0 aromatic heterocycles. The van der Waals surface area contributed by atoms with Crippen LogP contribution in [0.2, 0.25) is 0 Å². The summed E-state index contributed by atoms with van der Waals surface area (Å²) in [7, 11) is -3.63. The van der Waals surface area contributed by atoms with Crippen LogP contribution in [0.3, 0.4) is 0 Å². The molecule has 0 radical (unpaired) electrons. The Bertz CT molecular complexity index is 503. The minimum Gasteiger partial charge on any atom is -0.380 e. The van der Waals surface area contributed by atoms with Crippen LogP contribution in [0.1, 0.15) is 24.0 Å². The van der Waals surface area contributed by atoms with E-state index in [0.717, 1.165) is 11.1 Å². The Hall–Kier alpha value is -0.910. The zero-order chi connectivity index (χ0) is 12.5. The molecule has 5 heteroatoms. The summed E-state index contributed by atoms with van der Waals surface area (Å²) in [6.45, 7) is 4.92. The topological polar surface area (TPSA) is 52.6 Å². The highest BCUT2D eigenvalue weighted by atomic mass is 32.2. The summed E-state index contributed by atoms with van der Waals surface area (Å²) in [4.78, 5) is 0.276. The van der Waals surface area contributed by atoms with Gasteiger partial charge in [-0.25, -0.2) is 0 Å². The second-order valence-corrected chi connectivity index (χ2v) is 5.72. The first-order valence-electron chi connectivity index (χ1n) is 5.62. The van der Waals surface area contributed by atoms with Gasteiger partial charge in [-0.15, -0.1) is 0 Å². The number of rotatable bonds is 4. The Morgan fingerprint density at radius 1 is 1.41 bits per heavy atom. The minimum absolute atomic E-state index is 0.150. The van der Waals surface area contributed by atoms with Crippen LogP contribution in [-0.2, 0) is 19.0 Å². The van der Waals surface area contributed by atoms with E-state index in [4.69, 9.17) is 8.92 Å². The maximum Gasteiger partial charge on any atom is 0.297 e. The van der Waals surface area contributed by atoms with Gasteiger partial charge in [0.05, 0.1) is 24.7 Å². The van der Waals surface area contributed by atoms with E-state index in [-0.39, 0.29) is 17.4 Å². The molecule has 0 bridgehead atoms. The summed E-state index contributed by atoms with van der Waals surface area (Å²) in [5.41, 5.74) is 1.85. The normalized spacial score (nSPS) is 16.8. The predicted molar refractivity (Wildman–Crippen MR) is 63.6 cm³/mol. The first-order chi connectivity index (χ1) is 8.04. The average Bonchev–Trinajstić information content (AvgIpc) is 2.14. The fraction of sp³-hybridized carbons (Fsp3) is 0.500. The van der Waals surface area contributed by atoms with Crippen molar-refractivity contribution in [3.63, 3.8) is 0 Å². The third kappa shape index (κ3) is 2.51. The van der Waals surface area contributed by atoms with Crippen molar-refractivity contribution < 1.29 is 17.3 Å². The largest absolute Gasteiger partial charge is 0.380 e. The van der Waals surface area contributed by atoms with Crippen molar-refractivity contribution >= 4 is 10.1 Å². The van der Waals surface area contributed by atoms with Gasteiger partial charge in [0.1, 0.15) is 0 Å². The fourth-order valence-electron chi connectivity index (χ4n) is 1.85. The zero-order valence-electron chi connectivity index (χ0n) is 9.97. The minimum atomic E-state index is -3.63. The van der Waals surface area contributed by atoms with Crippen LogP contribution in [0.15, 0.2) is 23.1 Å². The van der Waals surface area contributed by atoms with Gasteiger partial charge in [0.2, 0.25) is 0 Å². The first-order valence-corrected chi connectivity index (χ1v) is 7.03. The number of aryl methyl sites for hydroxylation is 1. The number of hydrogen-bond donors (Lipinski definition) is 0. The van der Waals surface area contributed by atoms with Crippen LogP contribution >= 0.6 is 0 Å². The molecule has 0 amide bonds. The maximum atomic E-state index is 11.9. The fourth-order valence-corrected chi connectivity index (χ4v) is 3.03. The van der Waals surface area contributed by atoms with E-state index in [2.05, 4.69) is 0 Å². The molecule has 0 aliphatic carbocycles. The lowest BCUT2D eigenvalue weighted by molar-refractivity contribution is 0.00724. The molecule has 17 heavy (non-hydrogen) atoms. The first kappa shape index (κ1) is 12.5. The molecule has 1 aromatic rings. The van der Waals surface area contributed by atoms with Crippen molar-refractivity contribution in [2.45, 2.75) is 24.7 Å². The summed E-state index contributed by atoms with van der Waals surface area (Å²) in [6.07, 6.45) is 0. The molecule has 0 N–H and O–H groups in total. The van der Waals surface area contributed by atoms with Gasteiger partial charge in [-0.2, -0.15) is 8.42 Å². The molecule has 0 atom stereocenters. The van der Waals surface area contributed by atoms with Crippen LogP contribution in [0.4, 0.5) is 0 Å². The summed E-state index contributed by atoms with van der Waals surface area (Å²) in [6, 6.07) is 5.31. The smallest absolute Gasteiger partial charge is 0.297 e. The van der Waals surface area contributed by atoms with Crippen molar-refractivity contribution in [1.82, 2.24) is 0 Å². The molecule has 4 nitrogen and oxygen atoms in total. The standard InChI is InChI=1S/C12H16O4S/c1-3-16-17(13,14)12-5-4-9(2)6-11(12)10-7-15-8-10/h4-6,10H,3,7-8H2,1-2H3. The molecule has 0 saturated carbocycles. The number of ether oxygens (including phenoxy) is 1. The van der Waals surface area contributed by atoms with Gasteiger partial charge in [-0.3, -0.25) is 4.18 Å². The van der Waals surface area contributed by atoms with E-state index in [1.54, 1.807) is 19.1 Å². The molecule has 1 aliphatic heterocycles. The van der Waals surface area contributed by atoms with Crippen LogP contribution in [0.25, 0.3) is 0 Å². The van der Waals surface area contributed by atoms with Crippen molar-refractivity contribution in [3.8, 4) is 0 Å². The van der Waals surface area contributed by atoms with Crippen LogP contribution < -0.4 is 0 Å². The summed E-state index contributed by atoms with van der Waals surface area (Å²) in [5, 5.41) is 0. The highest BCUT2D eigenvalue weighted by Gasteiger charge is 2.28. The molecule has 1 fully saturated rings. The number of benzene rings is 1. The lowest BCUT2D eigenvalue weighted by Gasteiger charge is -2.28. The van der Waals surface area contributed by atoms with Crippen molar-refractivity contribution in [1.29, 1.82) is 0 Å². The molecule has 1 saturated heterocycles. The second-order valence-electron chi connectivity index (χ2n) is 4.14. The van der Waals surface area contributed by atoms with Gasteiger partial charge >= 0.3 is 0 Å². The summed E-state index contributed by atoms with van der Waals surface area (Å²) >= 11 is 0. The molecule has 1 aromatic carbocycles. The van der Waals surface area contributed by atoms with E-state index in [9.17, 15) is 8.42 Å². The zero-order valence-corrected chi connectivity index (χ0v) is 10.8. The highest BCUT2D eigenvalue weighted by molar-refractivity contribution is 7.86. The third-order valence-electron chi connectivity index (χ3n) is 2.79. The van der Waals surface area contributed by atoms with Gasteiger partial charge in [0.15, 0.2) is 0 Å². The Kier molecular flexibility index (Phi) is 3.51. The Morgan fingerprint density at radius 2 is 2.12 bits per heavy atom. The lowest BCUT2D eigenvalue weighted by atomic mass is 9.96. The summed E-state index contributed by atoms with van der Waals surface area (Å²) in [5.74, 6) is 0.167. The maximum absolute atomic E-state index is 11.9. The average molecular weight is 256 g/mol. The van der Waals surface area contributed by atoms with Crippen molar-refractivity contribution in [2.75, 3.05) is 19.8 Å². The molecule has 2 rings (SSSR count). The molecule has 94 valence electrons. The SMILES string of the molecule is CCOS(=O)(=O)c1ccc(C)cc1C1COC1.